The Bertz CT molecular complexity index is 374. The monoisotopic (exact) mass is 249 g/mol. The van der Waals surface area contributed by atoms with Gasteiger partial charge in [-0.15, -0.1) is 0 Å². The molecule has 0 saturated carbocycles. The molecule has 0 aromatic rings. The molecule has 0 amide bonds. The van der Waals surface area contributed by atoms with Crippen LogP contribution < -0.4 is 0 Å². The Hall–Kier alpha value is -0.620. The Labute approximate surface area is 96.5 Å². The molecule has 5 nitrogen and oxygen atoms in total. The van der Waals surface area contributed by atoms with Crippen molar-refractivity contribution in [3.63, 3.8) is 0 Å². The Kier molecular flexibility index (Phi) is 3.64. The van der Waals surface area contributed by atoms with Gasteiger partial charge in [-0.25, -0.2) is 8.42 Å². The molecule has 6 heteroatoms. The van der Waals surface area contributed by atoms with Crippen LogP contribution in [0.1, 0.15) is 33.6 Å². The Morgan fingerprint density at radius 1 is 1.50 bits per heavy atom. The molecule has 1 N–H and O–H groups in total. The number of sulfonamides is 1. The fourth-order valence-corrected chi connectivity index (χ4v) is 3.95. The van der Waals surface area contributed by atoms with Gasteiger partial charge in [-0.1, -0.05) is 20.8 Å². The van der Waals surface area contributed by atoms with Gasteiger partial charge in [0.15, 0.2) is 0 Å². The van der Waals surface area contributed by atoms with Crippen LogP contribution in [0.15, 0.2) is 0 Å². The minimum absolute atomic E-state index is 0.0142. The predicted molar refractivity (Wildman–Crippen MR) is 60.6 cm³/mol. The number of hydrogen-bond donors (Lipinski definition) is 1. The van der Waals surface area contributed by atoms with Crippen LogP contribution in [-0.4, -0.2) is 42.1 Å². The van der Waals surface area contributed by atoms with Crippen molar-refractivity contribution in [2.24, 2.45) is 5.41 Å². The van der Waals surface area contributed by atoms with Crippen molar-refractivity contribution in [2.45, 2.75) is 39.7 Å². The summed E-state index contributed by atoms with van der Waals surface area (Å²) in [5, 5.41) is 8.82. The summed E-state index contributed by atoms with van der Waals surface area (Å²) in [4.78, 5) is 10.8. The first-order valence-corrected chi connectivity index (χ1v) is 7.03. The van der Waals surface area contributed by atoms with E-state index in [2.05, 4.69) is 0 Å². The maximum atomic E-state index is 12.0. The second-order valence-corrected chi connectivity index (χ2v) is 6.95. The van der Waals surface area contributed by atoms with Crippen LogP contribution in [-0.2, 0) is 14.8 Å². The van der Waals surface area contributed by atoms with E-state index in [9.17, 15) is 13.2 Å². The maximum Gasteiger partial charge on any atom is 0.322 e. The predicted octanol–water partition coefficient (Wildman–Crippen LogP) is 0.911. The quantitative estimate of drug-likeness (QED) is 0.786. The van der Waals surface area contributed by atoms with E-state index in [0.717, 1.165) is 10.7 Å². The molecule has 1 saturated heterocycles. The van der Waals surface area contributed by atoms with Gasteiger partial charge < -0.3 is 5.11 Å². The van der Waals surface area contributed by atoms with Crippen LogP contribution in [0.3, 0.4) is 0 Å². The Morgan fingerprint density at radius 3 is 2.38 bits per heavy atom. The topological polar surface area (TPSA) is 74.7 Å². The first-order chi connectivity index (χ1) is 7.19. The third-order valence-corrected chi connectivity index (χ3v) is 5.44. The first-order valence-electron chi connectivity index (χ1n) is 5.42. The van der Waals surface area contributed by atoms with Gasteiger partial charge in [0.1, 0.15) is 6.04 Å². The van der Waals surface area contributed by atoms with Crippen molar-refractivity contribution in [2.75, 3.05) is 12.3 Å². The summed E-state index contributed by atoms with van der Waals surface area (Å²) in [5.74, 6) is -1.04. The lowest BCUT2D eigenvalue weighted by Gasteiger charge is -2.38. The van der Waals surface area contributed by atoms with Crippen LogP contribution in [0.25, 0.3) is 0 Å². The first kappa shape index (κ1) is 13.4. The lowest BCUT2D eigenvalue weighted by atomic mass is 9.93. The van der Waals surface area contributed by atoms with Gasteiger partial charge in [0.25, 0.3) is 0 Å². The number of carboxylic acids is 1. The van der Waals surface area contributed by atoms with E-state index in [4.69, 9.17) is 5.11 Å². The van der Waals surface area contributed by atoms with E-state index in [0.29, 0.717) is 13.0 Å². The van der Waals surface area contributed by atoms with Gasteiger partial charge in [0.2, 0.25) is 10.0 Å². The number of rotatable bonds is 5. The van der Waals surface area contributed by atoms with Crippen molar-refractivity contribution in [3.8, 4) is 0 Å². The summed E-state index contributed by atoms with van der Waals surface area (Å²) in [6.07, 6.45) is 1.17. The molecule has 0 spiro atoms. The van der Waals surface area contributed by atoms with E-state index in [-0.39, 0.29) is 11.2 Å². The van der Waals surface area contributed by atoms with Crippen molar-refractivity contribution in [3.05, 3.63) is 0 Å². The highest BCUT2D eigenvalue weighted by Crippen LogP contribution is 2.28. The fraction of sp³-hybridized carbons (Fsp3) is 0.900. The molecule has 1 aliphatic heterocycles. The molecule has 1 fully saturated rings. The minimum Gasteiger partial charge on any atom is -0.480 e. The average Bonchev–Trinajstić information content (AvgIpc) is 1.97. The Morgan fingerprint density at radius 2 is 2.06 bits per heavy atom. The standard InChI is InChI=1S/C10H19NO4S/c1-4-10(2,3)7-16(14,15)11-6-5-8(11)9(12)13/h8H,4-7H2,1-3H3,(H,12,13)/t8-/m0/s1. The third kappa shape index (κ3) is 2.74. The lowest BCUT2D eigenvalue weighted by Crippen LogP contribution is -2.56. The molecule has 1 heterocycles. The van der Waals surface area contributed by atoms with Gasteiger partial charge in [0, 0.05) is 6.54 Å². The summed E-state index contributed by atoms with van der Waals surface area (Å²) in [6.45, 7) is 6.01. The number of hydrogen-bond acceptors (Lipinski definition) is 3. The number of aliphatic carboxylic acids is 1. The molecule has 16 heavy (non-hydrogen) atoms. The zero-order chi connectivity index (χ0) is 12.6. The zero-order valence-corrected chi connectivity index (χ0v) is 10.7. The summed E-state index contributed by atoms with van der Waals surface area (Å²) in [6, 6.07) is -0.849. The second-order valence-electron chi connectivity index (χ2n) is 5.03. The lowest BCUT2D eigenvalue weighted by molar-refractivity contribution is -0.144. The van der Waals surface area contributed by atoms with E-state index in [1.165, 1.54) is 0 Å². The normalized spacial score (nSPS) is 22.8. The third-order valence-electron chi connectivity index (χ3n) is 3.14. The van der Waals surface area contributed by atoms with Gasteiger partial charge in [-0.3, -0.25) is 4.79 Å². The van der Waals surface area contributed by atoms with Crippen molar-refractivity contribution < 1.29 is 18.3 Å². The summed E-state index contributed by atoms with van der Waals surface area (Å²) in [5.41, 5.74) is -0.308. The second kappa shape index (κ2) is 4.33. The number of carbonyl (C=O) groups is 1. The van der Waals surface area contributed by atoms with E-state index >= 15 is 0 Å². The number of carboxylic acid groups (broad SMARTS) is 1. The summed E-state index contributed by atoms with van der Waals surface area (Å²) >= 11 is 0. The largest absolute Gasteiger partial charge is 0.480 e. The molecular weight excluding hydrogens is 230 g/mol. The molecule has 1 aliphatic rings. The van der Waals surface area contributed by atoms with Gasteiger partial charge in [-0.05, 0) is 18.3 Å². The molecular formula is C10H19NO4S. The molecule has 0 radical (unpaired) electrons. The molecule has 1 atom stereocenters. The fourth-order valence-electron chi connectivity index (χ4n) is 1.62. The number of nitrogens with zero attached hydrogens (tertiary/aromatic N) is 1. The zero-order valence-electron chi connectivity index (χ0n) is 9.93. The molecule has 94 valence electrons. The minimum atomic E-state index is -3.44. The van der Waals surface area contributed by atoms with Gasteiger partial charge >= 0.3 is 5.97 Å². The molecule has 0 aromatic carbocycles. The van der Waals surface area contributed by atoms with Gasteiger partial charge in [0.05, 0.1) is 5.75 Å². The molecule has 0 unspecified atom stereocenters. The Balaban J connectivity index is 2.76. The van der Waals surface area contributed by atoms with E-state index < -0.39 is 22.0 Å². The van der Waals surface area contributed by atoms with Crippen LogP contribution in [0.5, 0.6) is 0 Å². The van der Waals surface area contributed by atoms with Crippen molar-refractivity contribution in [1.29, 1.82) is 0 Å². The molecule has 0 aliphatic carbocycles. The summed E-state index contributed by atoms with van der Waals surface area (Å²) < 4.78 is 25.0. The van der Waals surface area contributed by atoms with Crippen LogP contribution in [0.2, 0.25) is 0 Å². The highest BCUT2D eigenvalue weighted by molar-refractivity contribution is 7.89. The van der Waals surface area contributed by atoms with Crippen molar-refractivity contribution in [1.82, 2.24) is 4.31 Å². The molecule has 0 aromatic heterocycles. The van der Waals surface area contributed by atoms with Crippen molar-refractivity contribution >= 4 is 16.0 Å². The SMILES string of the molecule is CCC(C)(C)CS(=O)(=O)N1CC[C@H]1C(=O)O. The maximum absolute atomic E-state index is 12.0. The van der Waals surface area contributed by atoms with E-state index in [1.54, 1.807) is 0 Å². The highest BCUT2D eigenvalue weighted by atomic mass is 32.2. The molecule has 0 bridgehead atoms. The average molecular weight is 249 g/mol. The van der Waals surface area contributed by atoms with Gasteiger partial charge in [-0.2, -0.15) is 4.31 Å². The smallest absolute Gasteiger partial charge is 0.322 e. The van der Waals surface area contributed by atoms with E-state index in [1.807, 2.05) is 20.8 Å². The van der Waals surface area contributed by atoms with Crippen LogP contribution in [0.4, 0.5) is 0 Å². The van der Waals surface area contributed by atoms with Crippen LogP contribution in [0, 0.1) is 5.41 Å². The highest BCUT2D eigenvalue weighted by Gasteiger charge is 2.43. The molecule has 1 rings (SSSR count). The van der Waals surface area contributed by atoms with Crippen LogP contribution >= 0.6 is 0 Å². The summed E-state index contributed by atoms with van der Waals surface area (Å²) in [7, 11) is -3.44.